The quantitative estimate of drug-likeness (QED) is 0.294. The zero-order valence-electron chi connectivity index (χ0n) is 19.0. The molecule has 0 saturated heterocycles. The lowest BCUT2D eigenvalue weighted by atomic mass is 10.2. The molecule has 178 valence electrons. The first-order chi connectivity index (χ1) is 17.1. The van der Waals surface area contributed by atoms with Gasteiger partial charge in [0.25, 0.3) is 5.56 Å². The minimum atomic E-state index is -0.582. The minimum absolute atomic E-state index is 0.0153. The smallest absolute Gasteiger partial charge is 0.326 e. The van der Waals surface area contributed by atoms with E-state index >= 15 is 0 Å². The van der Waals surface area contributed by atoms with E-state index < -0.39 is 11.5 Å². The Kier molecular flexibility index (Phi) is 6.19. The number of esters is 1. The molecule has 0 unspecified atom stereocenters. The van der Waals surface area contributed by atoms with Crippen LogP contribution in [-0.4, -0.2) is 34.2 Å². The molecule has 3 heterocycles. The van der Waals surface area contributed by atoms with Crippen molar-refractivity contribution in [3.8, 4) is 22.1 Å². The first kappa shape index (κ1) is 22.6. The van der Waals surface area contributed by atoms with E-state index in [9.17, 15) is 9.59 Å². The largest absolute Gasteiger partial charge is 0.493 e. The number of carbonyl (C=O) groups is 1. The van der Waals surface area contributed by atoms with E-state index in [1.165, 1.54) is 22.2 Å². The van der Waals surface area contributed by atoms with E-state index in [1.54, 1.807) is 13.2 Å². The summed E-state index contributed by atoms with van der Waals surface area (Å²) < 4.78 is 23.1. The first-order valence-corrected chi connectivity index (χ1v) is 11.7. The monoisotopic (exact) mass is 491 g/mol. The number of rotatable bonds is 8. The second-order valence-electron chi connectivity index (χ2n) is 7.56. The van der Waals surface area contributed by atoms with Crippen molar-refractivity contribution in [3.05, 3.63) is 70.2 Å². The molecule has 10 heteroatoms. The molecular formula is C25H21N3O6S. The van der Waals surface area contributed by atoms with Crippen molar-refractivity contribution in [2.24, 2.45) is 0 Å². The van der Waals surface area contributed by atoms with Crippen molar-refractivity contribution < 1.29 is 23.4 Å². The van der Waals surface area contributed by atoms with E-state index in [4.69, 9.17) is 18.6 Å². The van der Waals surface area contributed by atoms with Gasteiger partial charge in [0.15, 0.2) is 11.5 Å². The molecule has 3 aromatic heterocycles. The van der Waals surface area contributed by atoms with Gasteiger partial charge in [0.1, 0.15) is 29.3 Å². The van der Waals surface area contributed by atoms with Gasteiger partial charge in [0, 0.05) is 16.3 Å². The number of aromatic nitrogens is 3. The zero-order valence-corrected chi connectivity index (χ0v) is 19.8. The van der Waals surface area contributed by atoms with Crippen molar-refractivity contribution in [2.75, 3.05) is 13.7 Å². The van der Waals surface area contributed by atoms with Crippen LogP contribution in [0.5, 0.6) is 11.5 Å². The molecule has 0 aliphatic carbocycles. The second-order valence-corrected chi connectivity index (χ2v) is 8.42. The van der Waals surface area contributed by atoms with Crippen LogP contribution in [0.3, 0.4) is 0 Å². The van der Waals surface area contributed by atoms with Crippen molar-refractivity contribution in [1.82, 2.24) is 14.5 Å². The topological polar surface area (TPSA) is 106 Å². The summed E-state index contributed by atoms with van der Waals surface area (Å²) >= 11 is 1.43. The molecule has 0 saturated carbocycles. The second kappa shape index (κ2) is 9.59. The summed E-state index contributed by atoms with van der Waals surface area (Å²) in [7, 11) is 1.58. The molecule has 0 atom stereocenters. The van der Waals surface area contributed by atoms with E-state index in [0.717, 1.165) is 16.0 Å². The number of hydrogen-bond donors (Lipinski definition) is 0. The fraction of sp³-hybridized carbons (Fsp3) is 0.200. The Morgan fingerprint density at radius 2 is 2.03 bits per heavy atom. The first-order valence-electron chi connectivity index (χ1n) is 10.8. The third-order valence-electron chi connectivity index (χ3n) is 5.29. The fourth-order valence-electron chi connectivity index (χ4n) is 3.65. The highest BCUT2D eigenvalue weighted by atomic mass is 32.1. The molecule has 5 rings (SSSR count). The van der Waals surface area contributed by atoms with Gasteiger partial charge in [-0.1, -0.05) is 12.1 Å². The Morgan fingerprint density at radius 3 is 2.86 bits per heavy atom. The number of methoxy groups -OCH3 is 1. The van der Waals surface area contributed by atoms with Crippen molar-refractivity contribution in [3.63, 3.8) is 0 Å². The van der Waals surface area contributed by atoms with Crippen LogP contribution in [0, 0.1) is 0 Å². The van der Waals surface area contributed by atoms with Crippen molar-refractivity contribution >= 4 is 39.4 Å². The molecular weight excluding hydrogens is 470 g/mol. The number of thiazole rings is 1. The summed E-state index contributed by atoms with van der Waals surface area (Å²) in [4.78, 5) is 34.0. The van der Waals surface area contributed by atoms with E-state index in [1.807, 2.05) is 48.7 Å². The summed E-state index contributed by atoms with van der Waals surface area (Å²) in [5, 5.41) is 3.33. The minimum Gasteiger partial charge on any atom is -0.493 e. The summed E-state index contributed by atoms with van der Waals surface area (Å²) in [6.45, 7) is 2.15. The van der Waals surface area contributed by atoms with Crippen molar-refractivity contribution in [1.29, 1.82) is 0 Å². The number of furan rings is 1. The van der Waals surface area contributed by atoms with Crippen LogP contribution >= 0.6 is 11.3 Å². The van der Waals surface area contributed by atoms with E-state index in [-0.39, 0.29) is 18.7 Å². The number of nitrogens with zero attached hydrogens (tertiary/aromatic N) is 3. The average Bonchev–Trinajstić information content (AvgIpc) is 3.50. The zero-order chi connectivity index (χ0) is 24.4. The van der Waals surface area contributed by atoms with E-state index in [2.05, 4.69) is 9.97 Å². The number of para-hydroxylation sites is 1. The molecule has 0 spiro atoms. The molecule has 9 nitrogen and oxygen atoms in total. The fourth-order valence-corrected chi connectivity index (χ4v) is 4.45. The highest BCUT2D eigenvalue weighted by Gasteiger charge is 2.16. The number of fused-ring (bicyclic) bond motifs is 3. The highest BCUT2D eigenvalue weighted by molar-refractivity contribution is 7.13. The van der Waals surface area contributed by atoms with Gasteiger partial charge >= 0.3 is 5.97 Å². The van der Waals surface area contributed by atoms with Crippen LogP contribution < -0.4 is 15.0 Å². The van der Waals surface area contributed by atoms with Gasteiger partial charge in [-0.15, -0.1) is 11.3 Å². The summed E-state index contributed by atoms with van der Waals surface area (Å²) in [5.74, 6) is 0.699. The Balaban J connectivity index is 1.26. The predicted octanol–water partition coefficient (Wildman–Crippen LogP) is 4.42. The Bertz CT molecular complexity index is 1590. The third-order valence-corrected chi connectivity index (χ3v) is 6.23. The molecule has 2 aromatic carbocycles. The summed E-state index contributed by atoms with van der Waals surface area (Å²) in [6, 6.07) is 12.8. The maximum atomic E-state index is 12.8. The SMILES string of the molecule is CCOc1ccc(-c2nc(COC(=O)Cn3cnc4c(oc5ccccc54)c3=O)cs2)cc1OC. The molecule has 0 aliphatic rings. The number of carbonyl (C=O) groups excluding carboxylic acids is 1. The van der Waals surface area contributed by atoms with Gasteiger partial charge in [0.05, 0.1) is 25.7 Å². The maximum Gasteiger partial charge on any atom is 0.326 e. The molecule has 0 fully saturated rings. The van der Waals surface area contributed by atoms with Crippen LogP contribution in [0.1, 0.15) is 12.6 Å². The molecule has 0 aliphatic heterocycles. The van der Waals surface area contributed by atoms with Gasteiger partial charge < -0.3 is 18.6 Å². The number of benzene rings is 2. The summed E-state index contributed by atoms with van der Waals surface area (Å²) in [6.07, 6.45) is 1.33. The Hall–Kier alpha value is -4.18. The molecule has 0 bridgehead atoms. The van der Waals surface area contributed by atoms with Crippen LogP contribution in [0.2, 0.25) is 0 Å². The highest BCUT2D eigenvalue weighted by Crippen LogP contribution is 2.34. The van der Waals surface area contributed by atoms with Crippen LogP contribution in [0.15, 0.2) is 63.4 Å². The van der Waals surface area contributed by atoms with Gasteiger partial charge in [-0.05, 0) is 37.3 Å². The molecule has 0 N–H and O–H groups in total. The number of hydrogen-bond acceptors (Lipinski definition) is 9. The van der Waals surface area contributed by atoms with E-state index in [0.29, 0.717) is 34.9 Å². The van der Waals surface area contributed by atoms with Crippen LogP contribution in [-0.2, 0) is 22.7 Å². The lowest BCUT2D eigenvalue weighted by Crippen LogP contribution is -2.25. The third kappa shape index (κ3) is 4.47. The van der Waals surface area contributed by atoms with Gasteiger partial charge in [-0.3, -0.25) is 14.2 Å². The lowest BCUT2D eigenvalue weighted by molar-refractivity contribution is -0.145. The Labute approximate surface area is 203 Å². The molecule has 0 amide bonds. The molecule has 0 radical (unpaired) electrons. The standard InChI is InChI=1S/C25H21N3O6S/c1-3-32-19-9-8-15(10-20(19)31-2)24-27-16(13-35-24)12-33-21(29)11-28-14-26-22-17-6-4-5-7-18(17)34-23(22)25(28)30/h4-10,13-14H,3,11-12H2,1-2H3. The average molecular weight is 492 g/mol. The number of ether oxygens (including phenoxy) is 3. The summed E-state index contributed by atoms with van der Waals surface area (Å²) in [5.41, 5.74) is 2.17. The van der Waals surface area contributed by atoms with Gasteiger partial charge in [-0.25, -0.2) is 9.97 Å². The van der Waals surface area contributed by atoms with Gasteiger partial charge in [0.2, 0.25) is 5.58 Å². The molecule has 5 aromatic rings. The predicted molar refractivity (Wildman–Crippen MR) is 131 cm³/mol. The molecule has 35 heavy (non-hydrogen) atoms. The van der Waals surface area contributed by atoms with Crippen molar-refractivity contribution in [2.45, 2.75) is 20.1 Å². The van der Waals surface area contributed by atoms with Gasteiger partial charge in [-0.2, -0.15) is 0 Å². The lowest BCUT2D eigenvalue weighted by Gasteiger charge is -2.10. The van der Waals surface area contributed by atoms with Crippen LogP contribution in [0.25, 0.3) is 32.6 Å². The Morgan fingerprint density at radius 1 is 1.17 bits per heavy atom. The maximum absolute atomic E-state index is 12.8. The normalized spacial score (nSPS) is 11.1. The van der Waals surface area contributed by atoms with Crippen LogP contribution in [0.4, 0.5) is 0 Å².